The number of aliphatic hydroxyl groups excluding tert-OH is 2. The molecule has 0 aliphatic carbocycles. The molecule has 0 spiro atoms. The molecule has 0 aliphatic rings. The van der Waals surface area contributed by atoms with E-state index in [4.69, 9.17) is 23.6 Å². The largest absolute Gasteiger partial charge is 0.472 e. The summed E-state index contributed by atoms with van der Waals surface area (Å²) in [5.74, 6) is -0.929. The van der Waals surface area contributed by atoms with Crippen molar-refractivity contribution in [3.05, 3.63) is 36.5 Å². The van der Waals surface area contributed by atoms with Gasteiger partial charge in [-0.05, 0) is 70.6 Å². The highest BCUT2D eigenvalue weighted by Gasteiger charge is 2.27. The molecule has 0 aromatic rings. The zero-order valence-corrected chi connectivity index (χ0v) is 38.6. The molecule has 0 aliphatic heterocycles. The molecule has 0 saturated heterocycles. The average molecular weight is 857 g/mol. The first-order chi connectivity index (χ1) is 28.7. The summed E-state index contributed by atoms with van der Waals surface area (Å²) in [5, 5.41) is 18.4. The molecule has 3 atom stereocenters. The van der Waals surface area contributed by atoms with Crippen LogP contribution in [-0.2, 0) is 32.7 Å². The number of esters is 2. The highest BCUT2D eigenvalue weighted by atomic mass is 31.2. The van der Waals surface area contributed by atoms with Crippen LogP contribution in [0.2, 0.25) is 0 Å². The molecule has 0 rings (SSSR count). The molecule has 59 heavy (non-hydrogen) atoms. The Balaban J connectivity index is 4.23. The van der Waals surface area contributed by atoms with E-state index >= 15 is 0 Å². The topological polar surface area (TPSA) is 149 Å². The van der Waals surface area contributed by atoms with E-state index in [9.17, 15) is 24.2 Å². The fourth-order valence-corrected chi connectivity index (χ4v) is 7.34. The maximum absolute atomic E-state index is 12.7. The Morgan fingerprint density at radius 1 is 0.508 bits per heavy atom. The molecule has 0 fully saturated rings. The van der Waals surface area contributed by atoms with Gasteiger partial charge in [0, 0.05) is 12.8 Å². The van der Waals surface area contributed by atoms with Crippen molar-refractivity contribution in [2.75, 3.05) is 26.4 Å². The van der Waals surface area contributed by atoms with Crippen molar-refractivity contribution in [2.45, 2.75) is 232 Å². The van der Waals surface area contributed by atoms with Gasteiger partial charge in [-0.15, -0.1) is 0 Å². The van der Waals surface area contributed by atoms with Crippen molar-refractivity contribution in [2.24, 2.45) is 0 Å². The van der Waals surface area contributed by atoms with Crippen LogP contribution in [0.3, 0.4) is 0 Å². The molecular weight excluding hydrogens is 767 g/mol. The number of unbranched alkanes of at least 4 members (excludes halogenated alkanes) is 25. The average Bonchev–Trinajstić information content (AvgIpc) is 3.22. The number of carbonyl (C=O) groups is 2. The first-order valence-corrected chi connectivity index (χ1v) is 25.4. The van der Waals surface area contributed by atoms with Gasteiger partial charge in [0.1, 0.15) is 12.7 Å². The van der Waals surface area contributed by atoms with E-state index in [-0.39, 0.29) is 19.4 Å². The van der Waals surface area contributed by atoms with Gasteiger partial charge in [0.2, 0.25) is 0 Å². The highest BCUT2D eigenvalue weighted by Crippen LogP contribution is 2.43. The Kier molecular flexibility index (Phi) is 42.9. The van der Waals surface area contributed by atoms with Crippen LogP contribution in [0.25, 0.3) is 0 Å². The van der Waals surface area contributed by atoms with E-state index in [0.717, 1.165) is 57.8 Å². The molecule has 11 heteroatoms. The van der Waals surface area contributed by atoms with Gasteiger partial charge in [-0.2, -0.15) is 0 Å². The molecule has 0 amide bonds. The summed E-state index contributed by atoms with van der Waals surface area (Å²) in [5.41, 5.74) is 0. The van der Waals surface area contributed by atoms with Crippen LogP contribution in [0.4, 0.5) is 0 Å². The van der Waals surface area contributed by atoms with Crippen LogP contribution in [0.5, 0.6) is 0 Å². The molecule has 1 unspecified atom stereocenters. The monoisotopic (exact) mass is 857 g/mol. The standard InChI is InChI=1S/C48H89O10P/c1-3-5-7-9-11-13-15-17-19-21-22-24-26-28-30-32-34-36-38-40-48(52)58-46(44-57-59(53,54)56-42-45(50)41-49)43-55-47(51)39-37-35-33-31-29-27-25-23-20-18-16-14-12-10-8-6-4-2/h11,13,17-20,45-46,49-50H,3-10,12,14-16,21-44H2,1-2H3,(H,53,54)/b13-11+,19-17+,20-18+/t45-,46+/m0/s1. The van der Waals surface area contributed by atoms with Crippen molar-refractivity contribution in [1.29, 1.82) is 0 Å². The second-order valence-corrected chi connectivity index (χ2v) is 17.6. The second kappa shape index (κ2) is 44.3. The van der Waals surface area contributed by atoms with E-state index in [1.165, 1.54) is 122 Å². The number of rotatable bonds is 45. The molecule has 10 nitrogen and oxygen atoms in total. The third-order valence-corrected chi connectivity index (χ3v) is 11.2. The van der Waals surface area contributed by atoms with Gasteiger partial charge >= 0.3 is 19.8 Å². The minimum absolute atomic E-state index is 0.179. The first-order valence-electron chi connectivity index (χ1n) is 23.9. The summed E-state index contributed by atoms with van der Waals surface area (Å²) in [6.07, 6.45) is 46.7. The molecule has 0 saturated carbocycles. The summed E-state index contributed by atoms with van der Waals surface area (Å²) in [6, 6.07) is 0. The van der Waals surface area contributed by atoms with Crippen LogP contribution in [0.15, 0.2) is 36.5 Å². The predicted molar refractivity (Wildman–Crippen MR) is 242 cm³/mol. The molecule has 0 radical (unpaired) electrons. The lowest BCUT2D eigenvalue weighted by Crippen LogP contribution is -2.29. The lowest BCUT2D eigenvalue weighted by atomic mass is 10.1. The molecule has 346 valence electrons. The number of hydrogen-bond donors (Lipinski definition) is 3. The summed E-state index contributed by atoms with van der Waals surface area (Å²) < 4.78 is 32.8. The van der Waals surface area contributed by atoms with Gasteiger partial charge < -0.3 is 24.6 Å². The Morgan fingerprint density at radius 2 is 0.881 bits per heavy atom. The van der Waals surface area contributed by atoms with Gasteiger partial charge in [0.05, 0.1) is 19.8 Å². The predicted octanol–water partition coefficient (Wildman–Crippen LogP) is 13.1. The van der Waals surface area contributed by atoms with Gasteiger partial charge in [-0.3, -0.25) is 18.6 Å². The van der Waals surface area contributed by atoms with E-state index in [1.807, 2.05) is 0 Å². The van der Waals surface area contributed by atoms with E-state index in [2.05, 4.69) is 50.3 Å². The third-order valence-electron chi connectivity index (χ3n) is 10.3. The van der Waals surface area contributed by atoms with Crippen molar-refractivity contribution in [3.63, 3.8) is 0 Å². The zero-order chi connectivity index (χ0) is 43.3. The van der Waals surface area contributed by atoms with Crippen molar-refractivity contribution in [1.82, 2.24) is 0 Å². The lowest BCUT2D eigenvalue weighted by Gasteiger charge is -2.20. The van der Waals surface area contributed by atoms with Crippen molar-refractivity contribution >= 4 is 19.8 Å². The van der Waals surface area contributed by atoms with Gasteiger partial charge in [0.15, 0.2) is 6.10 Å². The maximum Gasteiger partial charge on any atom is 0.472 e. The van der Waals surface area contributed by atoms with E-state index in [0.29, 0.717) is 12.8 Å². The Hall–Kier alpha value is -1.81. The van der Waals surface area contributed by atoms with Crippen LogP contribution in [0.1, 0.15) is 219 Å². The highest BCUT2D eigenvalue weighted by molar-refractivity contribution is 7.47. The maximum atomic E-state index is 12.7. The van der Waals surface area contributed by atoms with Gasteiger partial charge in [0.25, 0.3) is 0 Å². The minimum atomic E-state index is -4.62. The summed E-state index contributed by atoms with van der Waals surface area (Å²) in [6.45, 7) is 2.37. The fraction of sp³-hybridized carbons (Fsp3) is 0.833. The van der Waals surface area contributed by atoms with E-state index < -0.39 is 51.8 Å². The molecule has 0 heterocycles. The number of allylic oxidation sites excluding steroid dienone is 6. The minimum Gasteiger partial charge on any atom is -0.462 e. The number of hydrogen-bond acceptors (Lipinski definition) is 9. The molecule has 0 aromatic carbocycles. The molecule has 0 bridgehead atoms. The second-order valence-electron chi connectivity index (χ2n) is 16.1. The zero-order valence-electron chi connectivity index (χ0n) is 37.7. The molecular formula is C48H89O10P. The summed E-state index contributed by atoms with van der Waals surface area (Å²) in [4.78, 5) is 35.1. The number of ether oxygens (including phenoxy) is 2. The number of carbonyl (C=O) groups excluding carboxylic acids is 2. The van der Waals surface area contributed by atoms with Crippen LogP contribution < -0.4 is 0 Å². The summed E-state index contributed by atoms with van der Waals surface area (Å²) >= 11 is 0. The van der Waals surface area contributed by atoms with E-state index in [1.54, 1.807) is 0 Å². The Bertz CT molecular complexity index is 1080. The number of phosphoric acid groups is 1. The first kappa shape index (κ1) is 57.2. The number of aliphatic hydroxyl groups is 2. The lowest BCUT2D eigenvalue weighted by molar-refractivity contribution is -0.161. The third kappa shape index (κ3) is 44.1. The van der Waals surface area contributed by atoms with Gasteiger partial charge in [-0.25, -0.2) is 4.57 Å². The van der Waals surface area contributed by atoms with Crippen LogP contribution >= 0.6 is 7.82 Å². The van der Waals surface area contributed by atoms with Crippen molar-refractivity contribution in [3.8, 4) is 0 Å². The van der Waals surface area contributed by atoms with Crippen LogP contribution in [0, 0.1) is 0 Å². The Labute approximate surface area is 361 Å². The number of phosphoric ester groups is 1. The molecule has 0 aromatic heterocycles. The van der Waals surface area contributed by atoms with Crippen molar-refractivity contribution < 1.29 is 47.8 Å². The normalized spacial score (nSPS) is 14.1. The quantitative estimate of drug-likeness (QED) is 0.0234. The van der Waals surface area contributed by atoms with Gasteiger partial charge in [-0.1, -0.05) is 172 Å². The smallest absolute Gasteiger partial charge is 0.462 e. The Morgan fingerprint density at radius 3 is 1.36 bits per heavy atom. The SMILES string of the molecule is CCCCC/C=C/C/C=C/CCCCCCCCCCCC(=O)O[C@H](COC(=O)CCCCCCCCC/C=C/CCCCCCCC)COP(=O)(O)OC[C@@H](O)CO. The van der Waals surface area contributed by atoms with Crippen LogP contribution in [-0.4, -0.2) is 65.7 Å². The molecule has 3 N–H and O–H groups in total. The summed E-state index contributed by atoms with van der Waals surface area (Å²) in [7, 11) is -4.62. The fourth-order valence-electron chi connectivity index (χ4n) is 6.55.